The van der Waals surface area contributed by atoms with Gasteiger partial charge in [0.05, 0.1) is 30.9 Å². The molecule has 0 saturated heterocycles. The molecule has 1 amide bonds. The number of carbonyl (C=O) groups excluding carboxylic acids is 1. The molecule has 1 atom stereocenters. The molecule has 0 aliphatic carbocycles. The number of hydrogen-bond acceptors (Lipinski definition) is 6. The third-order valence-electron chi connectivity index (χ3n) is 6.15. The Morgan fingerprint density at radius 3 is 2.34 bits per heavy atom. The van der Waals surface area contributed by atoms with Gasteiger partial charge in [0.1, 0.15) is 16.9 Å². The fraction of sp³-hybridized carbons (Fsp3) is 0.370. The molecule has 8 heteroatoms. The molecule has 35 heavy (non-hydrogen) atoms. The minimum absolute atomic E-state index is 0.00791. The Hall–Kier alpha value is -3.81. The summed E-state index contributed by atoms with van der Waals surface area (Å²) in [6.07, 6.45) is 3.07. The quantitative estimate of drug-likeness (QED) is 0.348. The van der Waals surface area contributed by atoms with E-state index >= 15 is 0 Å². The van der Waals surface area contributed by atoms with E-state index in [4.69, 9.17) is 25.2 Å². The summed E-state index contributed by atoms with van der Waals surface area (Å²) in [7, 11) is 3.16. The Bertz CT molecular complexity index is 1360. The van der Waals surface area contributed by atoms with Gasteiger partial charge in [-0.15, -0.1) is 0 Å². The van der Waals surface area contributed by atoms with Crippen molar-refractivity contribution >= 4 is 33.9 Å². The second-order valence-electron chi connectivity index (χ2n) is 9.22. The summed E-state index contributed by atoms with van der Waals surface area (Å²) in [5.74, 6) is 1.79. The number of nitrogens with one attached hydrogen (secondary N) is 1. The number of nitrogen functional groups attached to an aromatic ring is 1. The summed E-state index contributed by atoms with van der Waals surface area (Å²) in [5, 5.41) is 3.11. The number of nitrogens with zero attached hydrogens (tertiary/aromatic N) is 3. The molecule has 4 aromatic rings. The van der Waals surface area contributed by atoms with Crippen molar-refractivity contribution in [2.24, 2.45) is 5.92 Å². The van der Waals surface area contributed by atoms with Crippen LogP contribution in [0, 0.1) is 5.92 Å². The molecule has 4 rings (SSSR count). The minimum atomic E-state index is -0.256. The van der Waals surface area contributed by atoms with Crippen molar-refractivity contribution in [2.45, 2.75) is 46.1 Å². The van der Waals surface area contributed by atoms with E-state index in [1.807, 2.05) is 43.3 Å². The summed E-state index contributed by atoms with van der Waals surface area (Å²) in [6.45, 7) is 6.43. The maximum absolute atomic E-state index is 13.5. The van der Waals surface area contributed by atoms with Crippen LogP contribution in [0.15, 0.2) is 42.5 Å². The molecule has 2 heterocycles. The van der Waals surface area contributed by atoms with Crippen molar-refractivity contribution in [3.8, 4) is 17.2 Å². The van der Waals surface area contributed by atoms with Crippen LogP contribution >= 0.6 is 0 Å². The molecular formula is C27H33N5O3. The number of fused-ring (bicyclic) bond motifs is 2. The zero-order valence-corrected chi connectivity index (χ0v) is 21.0. The van der Waals surface area contributed by atoms with E-state index in [0.29, 0.717) is 50.9 Å². The number of methoxy groups -OCH3 is 2. The number of amides is 1. The Morgan fingerprint density at radius 1 is 1.00 bits per heavy atom. The lowest BCUT2D eigenvalue weighted by Gasteiger charge is -2.15. The van der Waals surface area contributed by atoms with Crippen LogP contribution in [-0.4, -0.2) is 40.7 Å². The molecule has 0 saturated carbocycles. The standard InChI is InChI=1S/C27H33N5O3/c1-16(2)9-8-10-17(3)29-27(33)23-24-26(31-20-12-7-6-11-19(20)30-24)32(25(23)28)18-13-14-21(34-4)22(15-18)35-5/h6-7,11-17H,8-10,28H2,1-5H3,(H,29,33). The second kappa shape index (κ2) is 10.2. The Morgan fingerprint density at radius 2 is 1.69 bits per heavy atom. The van der Waals surface area contributed by atoms with Crippen molar-refractivity contribution in [1.29, 1.82) is 0 Å². The van der Waals surface area contributed by atoms with Gasteiger partial charge in [-0.2, -0.15) is 0 Å². The Labute approximate surface area is 205 Å². The zero-order valence-electron chi connectivity index (χ0n) is 21.0. The van der Waals surface area contributed by atoms with E-state index in [2.05, 4.69) is 19.2 Å². The average molecular weight is 476 g/mol. The molecule has 184 valence electrons. The van der Waals surface area contributed by atoms with Gasteiger partial charge >= 0.3 is 0 Å². The largest absolute Gasteiger partial charge is 0.493 e. The van der Waals surface area contributed by atoms with E-state index in [0.717, 1.165) is 19.3 Å². The number of ether oxygens (including phenoxy) is 2. The molecule has 1 unspecified atom stereocenters. The average Bonchev–Trinajstić information content (AvgIpc) is 3.12. The number of para-hydroxylation sites is 2. The predicted molar refractivity (Wildman–Crippen MR) is 140 cm³/mol. The van der Waals surface area contributed by atoms with Crippen LogP contribution in [-0.2, 0) is 0 Å². The Kier molecular flexibility index (Phi) is 7.10. The minimum Gasteiger partial charge on any atom is -0.493 e. The van der Waals surface area contributed by atoms with E-state index in [9.17, 15) is 4.79 Å². The molecule has 3 N–H and O–H groups in total. The molecule has 0 spiro atoms. The van der Waals surface area contributed by atoms with Crippen LogP contribution in [0.25, 0.3) is 27.9 Å². The number of anilines is 1. The lowest BCUT2D eigenvalue weighted by atomic mass is 10.0. The normalized spacial score (nSPS) is 12.3. The first-order valence-electron chi connectivity index (χ1n) is 11.9. The first-order chi connectivity index (χ1) is 16.8. The van der Waals surface area contributed by atoms with Gasteiger partial charge < -0.3 is 20.5 Å². The van der Waals surface area contributed by atoms with E-state index in [-0.39, 0.29) is 17.8 Å². The molecule has 0 radical (unpaired) electrons. The molecule has 8 nitrogen and oxygen atoms in total. The summed E-state index contributed by atoms with van der Waals surface area (Å²) in [6, 6.07) is 13.0. The second-order valence-corrected chi connectivity index (χ2v) is 9.22. The van der Waals surface area contributed by atoms with Crippen LogP contribution in [0.3, 0.4) is 0 Å². The van der Waals surface area contributed by atoms with Gasteiger partial charge in [-0.1, -0.05) is 38.8 Å². The smallest absolute Gasteiger partial charge is 0.257 e. The zero-order chi connectivity index (χ0) is 25.1. The predicted octanol–water partition coefficient (Wildman–Crippen LogP) is 5.12. The SMILES string of the molecule is COc1ccc(-n2c(N)c(C(=O)NC(C)CCCC(C)C)c3nc4ccccc4nc32)cc1OC. The van der Waals surface area contributed by atoms with Crippen molar-refractivity contribution < 1.29 is 14.3 Å². The van der Waals surface area contributed by atoms with Crippen molar-refractivity contribution in [3.05, 3.63) is 48.0 Å². The maximum Gasteiger partial charge on any atom is 0.257 e. The Balaban J connectivity index is 1.83. The highest BCUT2D eigenvalue weighted by Crippen LogP contribution is 2.35. The highest BCUT2D eigenvalue weighted by molar-refractivity contribution is 6.11. The lowest BCUT2D eigenvalue weighted by molar-refractivity contribution is 0.0940. The first kappa shape index (κ1) is 24.3. The van der Waals surface area contributed by atoms with Gasteiger partial charge in [0.2, 0.25) is 0 Å². The fourth-order valence-electron chi connectivity index (χ4n) is 4.31. The van der Waals surface area contributed by atoms with Crippen LogP contribution in [0.5, 0.6) is 11.5 Å². The summed E-state index contributed by atoms with van der Waals surface area (Å²) >= 11 is 0. The van der Waals surface area contributed by atoms with Gasteiger partial charge in [0, 0.05) is 12.1 Å². The van der Waals surface area contributed by atoms with Crippen molar-refractivity contribution in [2.75, 3.05) is 20.0 Å². The summed E-state index contributed by atoms with van der Waals surface area (Å²) in [5.41, 5.74) is 10.0. The molecule has 0 aliphatic rings. The van der Waals surface area contributed by atoms with Crippen LogP contribution in [0.4, 0.5) is 5.82 Å². The van der Waals surface area contributed by atoms with Gasteiger partial charge in [-0.05, 0) is 43.5 Å². The molecule has 2 aromatic carbocycles. The number of hydrogen-bond donors (Lipinski definition) is 2. The molecule has 0 aliphatic heterocycles. The highest BCUT2D eigenvalue weighted by Gasteiger charge is 2.26. The van der Waals surface area contributed by atoms with Crippen LogP contribution < -0.4 is 20.5 Å². The fourth-order valence-corrected chi connectivity index (χ4v) is 4.31. The lowest BCUT2D eigenvalue weighted by Crippen LogP contribution is -2.33. The van der Waals surface area contributed by atoms with E-state index in [1.165, 1.54) is 0 Å². The number of carbonyl (C=O) groups is 1. The highest BCUT2D eigenvalue weighted by atomic mass is 16.5. The van der Waals surface area contributed by atoms with Crippen molar-refractivity contribution in [3.63, 3.8) is 0 Å². The number of nitrogens with two attached hydrogens (primary N) is 1. The summed E-state index contributed by atoms with van der Waals surface area (Å²) in [4.78, 5) is 23.1. The topological polar surface area (TPSA) is 104 Å². The van der Waals surface area contributed by atoms with Crippen LogP contribution in [0.1, 0.15) is 50.4 Å². The number of aromatic nitrogens is 3. The monoisotopic (exact) mass is 475 g/mol. The van der Waals surface area contributed by atoms with E-state index < -0.39 is 0 Å². The third kappa shape index (κ3) is 4.87. The number of rotatable bonds is 9. The third-order valence-corrected chi connectivity index (χ3v) is 6.15. The maximum atomic E-state index is 13.5. The molecule has 2 aromatic heterocycles. The summed E-state index contributed by atoms with van der Waals surface area (Å²) < 4.78 is 12.6. The van der Waals surface area contributed by atoms with Gasteiger partial charge in [-0.25, -0.2) is 9.97 Å². The van der Waals surface area contributed by atoms with E-state index in [1.54, 1.807) is 24.9 Å². The molecule has 0 bridgehead atoms. The first-order valence-corrected chi connectivity index (χ1v) is 11.9. The molecular weight excluding hydrogens is 442 g/mol. The van der Waals surface area contributed by atoms with Crippen molar-refractivity contribution in [1.82, 2.24) is 19.9 Å². The molecule has 0 fully saturated rings. The van der Waals surface area contributed by atoms with Gasteiger partial charge in [-0.3, -0.25) is 9.36 Å². The number of benzene rings is 2. The van der Waals surface area contributed by atoms with Gasteiger partial charge in [0.25, 0.3) is 5.91 Å². The van der Waals surface area contributed by atoms with Crippen LogP contribution in [0.2, 0.25) is 0 Å². The van der Waals surface area contributed by atoms with Gasteiger partial charge in [0.15, 0.2) is 17.1 Å².